The summed E-state index contributed by atoms with van der Waals surface area (Å²) in [5, 5.41) is 3.54. The fourth-order valence-corrected chi connectivity index (χ4v) is 5.46. The molecule has 0 fully saturated rings. The molecular formula is C36H61N3O2. The second kappa shape index (κ2) is 22.5. The minimum atomic E-state index is -0.00251. The summed E-state index contributed by atoms with van der Waals surface area (Å²) in [4.78, 5) is 15.4. The van der Waals surface area contributed by atoms with Gasteiger partial charge in [-0.15, -0.1) is 0 Å². The average molecular weight is 568 g/mol. The third-order valence-corrected chi connectivity index (χ3v) is 8.05. The van der Waals surface area contributed by atoms with E-state index in [9.17, 15) is 4.79 Å². The normalized spacial score (nSPS) is 11.6. The Kier molecular flexibility index (Phi) is 19.2. The average Bonchev–Trinajstić information content (AvgIpc) is 2.96. The predicted molar refractivity (Wildman–Crippen MR) is 176 cm³/mol. The molecule has 0 saturated heterocycles. The molecule has 2 rings (SSSR count). The zero-order chi connectivity index (χ0) is 29.5. The van der Waals surface area contributed by atoms with Crippen LogP contribution in [0.4, 0.5) is 0 Å². The van der Waals surface area contributed by atoms with Gasteiger partial charge in [-0.25, -0.2) is 0 Å². The van der Waals surface area contributed by atoms with Gasteiger partial charge in [0.15, 0.2) is 5.75 Å². The molecule has 0 unspecified atom stereocenters. The first kappa shape index (κ1) is 35.1. The SMILES string of the molecule is CCCCCCCCC(CCCCCCCC)COc1cn(Cc2ccccc2)c(CNCCCN(C)C)cc1=O. The zero-order valence-corrected chi connectivity index (χ0v) is 27.0. The predicted octanol–water partition coefficient (Wildman–Crippen LogP) is 8.43. The van der Waals surface area contributed by atoms with Crippen LogP contribution >= 0.6 is 0 Å². The molecule has 1 aromatic carbocycles. The smallest absolute Gasteiger partial charge is 0.223 e. The van der Waals surface area contributed by atoms with Gasteiger partial charge in [0.1, 0.15) is 0 Å². The highest BCUT2D eigenvalue weighted by atomic mass is 16.5. The lowest BCUT2D eigenvalue weighted by Gasteiger charge is -2.20. The van der Waals surface area contributed by atoms with Gasteiger partial charge < -0.3 is 19.5 Å². The maximum Gasteiger partial charge on any atom is 0.223 e. The maximum atomic E-state index is 13.2. The second-order valence-electron chi connectivity index (χ2n) is 12.2. The first-order chi connectivity index (χ1) is 20.0. The summed E-state index contributed by atoms with van der Waals surface area (Å²) in [6.45, 7) is 8.57. The van der Waals surface area contributed by atoms with Gasteiger partial charge in [-0.05, 0) is 57.9 Å². The number of nitrogens with one attached hydrogen (secondary N) is 1. The number of benzene rings is 1. The van der Waals surface area contributed by atoms with E-state index in [1.54, 1.807) is 6.07 Å². The van der Waals surface area contributed by atoms with E-state index in [0.717, 1.165) is 31.7 Å². The molecule has 1 heterocycles. The zero-order valence-electron chi connectivity index (χ0n) is 27.0. The van der Waals surface area contributed by atoms with E-state index < -0.39 is 0 Å². The lowest BCUT2D eigenvalue weighted by atomic mass is 9.94. The van der Waals surface area contributed by atoms with Crippen molar-refractivity contribution in [1.82, 2.24) is 14.8 Å². The van der Waals surface area contributed by atoms with Crippen LogP contribution in [0.5, 0.6) is 5.75 Å². The number of unbranched alkanes of at least 4 members (excludes halogenated alkanes) is 10. The molecule has 1 N–H and O–H groups in total. The fraction of sp³-hybridized carbons (Fsp3) is 0.694. The minimum Gasteiger partial charge on any atom is -0.488 e. The van der Waals surface area contributed by atoms with E-state index >= 15 is 0 Å². The highest BCUT2D eigenvalue weighted by molar-refractivity contribution is 5.24. The molecule has 0 bridgehead atoms. The molecule has 0 atom stereocenters. The molecule has 0 radical (unpaired) electrons. The van der Waals surface area contributed by atoms with E-state index in [2.05, 4.69) is 67.0 Å². The first-order valence-electron chi connectivity index (χ1n) is 16.8. The summed E-state index contributed by atoms with van der Waals surface area (Å²) < 4.78 is 8.53. The Balaban J connectivity index is 2.04. The van der Waals surface area contributed by atoms with Gasteiger partial charge >= 0.3 is 0 Å². The van der Waals surface area contributed by atoms with E-state index in [-0.39, 0.29) is 5.43 Å². The molecule has 41 heavy (non-hydrogen) atoms. The molecule has 232 valence electrons. The van der Waals surface area contributed by atoms with Crippen molar-refractivity contribution in [3.8, 4) is 5.75 Å². The summed E-state index contributed by atoms with van der Waals surface area (Å²) in [5.41, 5.74) is 2.23. The minimum absolute atomic E-state index is 0.00251. The van der Waals surface area contributed by atoms with Crippen LogP contribution in [0.15, 0.2) is 47.4 Å². The molecule has 5 heteroatoms. The van der Waals surface area contributed by atoms with Crippen molar-refractivity contribution in [3.05, 3.63) is 64.1 Å². The molecule has 1 aromatic heterocycles. The molecule has 2 aromatic rings. The number of hydrogen-bond acceptors (Lipinski definition) is 4. The number of ether oxygens (including phenoxy) is 1. The third kappa shape index (κ3) is 16.2. The summed E-state index contributed by atoms with van der Waals surface area (Å²) in [7, 11) is 4.20. The van der Waals surface area contributed by atoms with Crippen LogP contribution in [-0.4, -0.2) is 43.3 Å². The second-order valence-corrected chi connectivity index (χ2v) is 12.2. The highest BCUT2D eigenvalue weighted by Crippen LogP contribution is 2.21. The number of hydrogen-bond donors (Lipinski definition) is 1. The van der Waals surface area contributed by atoms with Crippen LogP contribution in [0.3, 0.4) is 0 Å². The summed E-state index contributed by atoms with van der Waals surface area (Å²) >= 11 is 0. The first-order valence-corrected chi connectivity index (χ1v) is 16.8. The number of aromatic nitrogens is 1. The van der Waals surface area contributed by atoms with Gasteiger partial charge in [0.05, 0.1) is 12.8 Å². The Morgan fingerprint density at radius 2 is 1.44 bits per heavy atom. The highest BCUT2D eigenvalue weighted by Gasteiger charge is 2.14. The quantitative estimate of drug-likeness (QED) is 0.122. The molecule has 0 saturated carbocycles. The van der Waals surface area contributed by atoms with Crippen molar-refractivity contribution < 1.29 is 4.74 Å². The largest absolute Gasteiger partial charge is 0.488 e. The summed E-state index contributed by atoms with van der Waals surface area (Å²) in [6.07, 6.45) is 21.3. The van der Waals surface area contributed by atoms with Gasteiger partial charge in [-0.2, -0.15) is 0 Å². The number of pyridine rings is 1. The van der Waals surface area contributed by atoms with Crippen molar-refractivity contribution in [2.75, 3.05) is 33.8 Å². The van der Waals surface area contributed by atoms with Crippen molar-refractivity contribution in [2.45, 2.75) is 123 Å². The van der Waals surface area contributed by atoms with Crippen LogP contribution in [0.25, 0.3) is 0 Å². The van der Waals surface area contributed by atoms with Crippen LogP contribution in [-0.2, 0) is 13.1 Å². The van der Waals surface area contributed by atoms with Crippen molar-refractivity contribution in [3.63, 3.8) is 0 Å². The Morgan fingerprint density at radius 1 is 0.829 bits per heavy atom. The number of nitrogens with zero attached hydrogens (tertiary/aromatic N) is 2. The van der Waals surface area contributed by atoms with E-state index in [0.29, 0.717) is 24.8 Å². The van der Waals surface area contributed by atoms with Gasteiger partial charge in [0.2, 0.25) is 5.43 Å². The maximum absolute atomic E-state index is 13.2. The lowest BCUT2D eigenvalue weighted by molar-refractivity contribution is 0.221. The van der Waals surface area contributed by atoms with E-state index in [1.165, 1.54) is 95.5 Å². The number of rotatable bonds is 25. The monoisotopic (exact) mass is 567 g/mol. The third-order valence-electron chi connectivity index (χ3n) is 8.05. The van der Waals surface area contributed by atoms with Gasteiger partial charge in [0.25, 0.3) is 0 Å². The van der Waals surface area contributed by atoms with E-state index in [4.69, 9.17) is 4.74 Å². The van der Waals surface area contributed by atoms with Crippen LogP contribution in [0.1, 0.15) is 121 Å². The molecule has 0 amide bonds. The standard InChI is InChI=1S/C36H61N3O2/c1-5-7-9-11-13-16-23-33(24-17-14-12-10-8-6-2)31-41-36-30-39(29-32-21-18-15-19-22-32)34(27-35(36)40)28-37-25-20-26-38(3)4/h15,18-19,21-22,27,30,33,37H,5-14,16-17,20,23-26,28-29,31H2,1-4H3. The van der Waals surface area contributed by atoms with Crippen LogP contribution in [0.2, 0.25) is 0 Å². The lowest BCUT2D eigenvalue weighted by Crippen LogP contribution is -2.25. The molecule has 0 aliphatic carbocycles. The molecule has 0 spiro atoms. The topological polar surface area (TPSA) is 46.5 Å². The van der Waals surface area contributed by atoms with Crippen LogP contribution < -0.4 is 15.5 Å². The Morgan fingerprint density at radius 3 is 2.05 bits per heavy atom. The van der Waals surface area contributed by atoms with E-state index in [1.807, 2.05) is 12.3 Å². The van der Waals surface area contributed by atoms with Gasteiger partial charge in [-0.1, -0.05) is 121 Å². The van der Waals surface area contributed by atoms with Gasteiger partial charge in [0, 0.05) is 24.8 Å². The molecular weight excluding hydrogens is 506 g/mol. The summed E-state index contributed by atoms with van der Waals surface area (Å²) in [6, 6.07) is 12.3. The Hall–Kier alpha value is -2.11. The van der Waals surface area contributed by atoms with Crippen molar-refractivity contribution in [1.29, 1.82) is 0 Å². The van der Waals surface area contributed by atoms with Crippen molar-refractivity contribution >= 4 is 0 Å². The molecule has 0 aliphatic rings. The molecule has 5 nitrogen and oxygen atoms in total. The Bertz CT molecular complexity index is 941. The Labute approximate surface area is 252 Å². The van der Waals surface area contributed by atoms with Crippen LogP contribution in [0, 0.1) is 5.92 Å². The van der Waals surface area contributed by atoms with Crippen molar-refractivity contribution in [2.24, 2.45) is 5.92 Å². The summed E-state index contributed by atoms with van der Waals surface area (Å²) in [5.74, 6) is 1.01. The fourth-order valence-electron chi connectivity index (χ4n) is 5.46. The molecule has 0 aliphatic heterocycles. The van der Waals surface area contributed by atoms with Gasteiger partial charge in [-0.3, -0.25) is 4.79 Å².